The van der Waals surface area contributed by atoms with E-state index < -0.39 is 0 Å². The fourth-order valence-corrected chi connectivity index (χ4v) is 1.69. The van der Waals surface area contributed by atoms with Crippen molar-refractivity contribution in [2.45, 2.75) is 13.8 Å². The van der Waals surface area contributed by atoms with Crippen LogP contribution in [0.2, 0.25) is 0 Å². The van der Waals surface area contributed by atoms with Gasteiger partial charge in [-0.15, -0.1) is 0 Å². The molecular formula is C15H22N2O. The summed E-state index contributed by atoms with van der Waals surface area (Å²) in [5.41, 5.74) is 2.20. The molecule has 0 aliphatic heterocycles. The molecule has 3 nitrogen and oxygen atoms in total. The summed E-state index contributed by atoms with van der Waals surface area (Å²) >= 11 is 0. The van der Waals surface area contributed by atoms with E-state index in [1.165, 1.54) is 0 Å². The molecule has 0 unspecified atom stereocenters. The number of rotatable bonds is 5. The lowest BCUT2D eigenvalue weighted by Crippen LogP contribution is -2.28. The van der Waals surface area contributed by atoms with Crippen LogP contribution < -0.4 is 4.90 Å². The molecule has 0 aromatic heterocycles. The van der Waals surface area contributed by atoms with Crippen molar-refractivity contribution in [2.24, 2.45) is 0 Å². The van der Waals surface area contributed by atoms with Crippen molar-refractivity contribution in [3.05, 3.63) is 35.9 Å². The predicted octanol–water partition coefficient (Wildman–Crippen LogP) is 2.63. The van der Waals surface area contributed by atoms with Crippen molar-refractivity contribution >= 4 is 17.7 Å². The molecule has 1 rings (SSSR count). The van der Waals surface area contributed by atoms with E-state index in [-0.39, 0.29) is 5.91 Å². The van der Waals surface area contributed by atoms with E-state index in [0.29, 0.717) is 0 Å². The van der Waals surface area contributed by atoms with Gasteiger partial charge in [0, 0.05) is 38.9 Å². The molecule has 1 aromatic carbocycles. The Labute approximate surface area is 110 Å². The van der Waals surface area contributed by atoms with Crippen LogP contribution in [0.5, 0.6) is 0 Å². The van der Waals surface area contributed by atoms with Crippen LogP contribution in [0.25, 0.3) is 6.08 Å². The highest BCUT2D eigenvalue weighted by Gasteiger charge is 2.04. The molecule has 0 aliphatic rings. The minimum atomic E-state index is 0.0664. The molecule has 98 valence electrons. The highest BCUT2D eigenvalue weighted by atomic mass is 16.2. The minimum Gasteiger partial charge on any atom is -0.378 e. The van der Waals surface area contributed by atoms with Crippen LogP contribution in [0.1, 0.15) is 19.4 Å². The maximum atomic E-state index is 11.8. The van der Waals surface area contributed by atoms with Gasteiger partial charge in [-0.25, -0.2) is 0 Å². The second-order valence-corrected chi connectivity index (χ2v) is 4.33. The SMILES string of the molecule is CCN(CC)C(=O)C=Cc1ccc(N(C)C)cc1. The van der Waals surface area contributed by atoms with Crippen molar-refractivity contribution in [3.63, 3.8) is 0 Å². The normalized spacial score (nSPS) is 10.7. The van der Waals surface area contributed by atoms with Crippen LogP contribution in [0.4, 0.5) is 5.69 Å². The summed E-state index contributed by atoms with van der Waals surface area (Å²) in [6.07, 6.45) is 3.50. The molecule has 0 radical (unpaired) electrons. The molecule has 0 fully saturated rings. The minimum absolute atomic E-state index is 0.0664. The van der Waals surface area contributed by atoms with Crippen molar-refractivity contribution < 1.29 is 4.79 Å². The highest BCUT2D eigenvalue weighted by Crippen LogP contribution is 2.13. The molecule has 0 N–H and O–H groups in total. The second-order valence-electron chi connectivity index (χ2n) is 4.33. The first-order valence-electron chi connectivity index (χ1n) is 6.32. The third-order valence-corrected chi connectivity index (χ3v) is 2.90. The average Bonchev–Trinajstić information content (AvgIpc) is 2.38. The average molecular weight is 246 g/mol. The van der Waals surface area contributed by atoms with E-state index >= 15 is 0 Å². The summed E-state index contributed by atoms with van der Waals surface area (Å²) < 4.78 is 0. The van der Waals surface area contributed by atoms with Gasteiger partial charge in [0.25, 0.3) is 0 Å². The van der Waals surface area contributed by atoms with E-state index in [1.807, 2.05) is 58.3 Å². The molecule has 0 saturated carbocycles. The Hall–Kier alpha value is -1.77. The summed E-state index contributed by atoms with van der Waals surface area (Å²) in [4.78, 5) is 15.6. The van der Waals surface area contributed by atoms with E-state index in [4.69, 9.17) is 0 Å². The number of hydrogen-bond donors (Lipinski definition) is 0. The van der Waals surface area contributed by atoms with Crippen molar-refractivity contribution in [3.8, 4) is 0 Å². The number of carbonyl (C=O) groups is 1. The fraction of sp³-hybridized carbons (Fsp3) is 0.400. The van der Waals surface area contributed by atoms with E-state index in [1.54, 1.807) is 11.0 Å². The largest absolute Gasteiger partial charge is 0.378 e. The zero-order valence-electron chi connectivity index (χ0n) is 11.7. The monoisotopic (exact) mass is 246 g/mol. The Kier molecular flexibility index (Phi) is 5.43. The number of likely N-dealkylation sites (N-methyl/N-ethyl adjacent to an activating group) is 1. The lowest BCUT2D eigenvalue weighted by atomic mass is 10.2. The van der Waals surface area contributed by atoms with Gasteiger partial charge < -0.3 is 9.80 Å². The van der Waals surface area contributed by atoms with Crippen LogP contribution in [-0.2, 0) is 4.79 Å². The summed E-state index contributed by atoms with van der Waals surface area (Å²) in [5, 5.41) is 0. The van der Waals surface area contributed by atoms with Gasteiger partial charge in [0.15, 0.2) is 0 Å². The van der Waals surface area contributed by atoms with Crippen LogP contribution >= 0.6 is 0 Å². The zero-order valence-corrected chi connectivity index (χ0v) is 11.7. The smallest absolute Gasteiger partial charge is 0.246 e. The lowest BCUT2D eigenvalue weighted by Gasteiger charge is -2.16. The number of anilines is 1. The number of benzene rings is 1. The van der Waals surface area contributed by atoms with Gasteiger partial charge in [-0.1, -0.05) is 12.1 Å². The Bertz CT molecular complexity index is 403. The Morgan fingerprint density at radius 2 is 1.67 bits per heavy atom. The molecule has 3 heteroatoms. The van der Waals surface area contributed by atoms with Gasteiger partial charge in [0.1, 0.15) is 0 Å². The molecule has 1 aromatic rings. The van der Waals surface area contributed by atoms with E-state index in [0.717, 1.165) is 24.3 Å². The molecule has 0 aliphatic carbocycles. The third-order valence-electron chi connectivity index (χ3n) is 2.90. The molecule has 0 atom stereocenters. The first-order chi connectivity index (χ1) is 8.58. The van der Waals surface area contributed by atoms with Crippen LogP contribution in [-0.4, -0.2) is 38.0 Å². The summed E-state index contributed by atoms with van der Waals surface area (Å²) in [7, 11) is 4.02. The predicted molar refractivity (Wildman–Crippen MR) is 77.7 cm³/mol. The van der Waals surface area contributed by atoms with Gasteiger partial charge in [0.2, 0.25) is 5.91 Å². The van der Waals surface area contributed by atoms with E-state index in [2.05, 4.69) is 4.90 Å². The van der Waals surface area contributed by atoms with Gasteiger partial charge >= 0.3 is 0 Å². The lowest BCUT2D eigenvalue weighted by molar-refractivity contribution is -0.125. The Morgan fingerprint density at radius 1 is 1.11 bits per heavy atom. The molecule has 0 heterocycles. The maximum Gasteiger partial charge on any atom is 0.246 e. The molecule has 1 amide bonds. The maximum absolute atomic E-state index is 11.8. The number of hydrogen-bond acceptors (Lipinski definition) is 2. The summed E-state index contributed by atoms with van der Waals surface area (Å²) in [6.45, 7) is 5.47. The van der Waals surface area contributed by atoms with Gasteiger partial charge in [-0.05, 0) is 37.6 Å². The highest BCUT2D eigenvalue weighted by molar-refractivity contribution is 5.91. The summed E-state index contributed by atoms with van der Waals surface area (Å²) in [5.74, 6) is 0.0664. The fourth-order valence-electron chi connectivity index (χ4n) is 1.69. The molecular weight excluding hydrogens is 224 g/mol. The van der Waals surface area contributed by atoms with Crippen molar-refractivity contribution in [2.75, 3.05) is 32.1 Å². The standard InChI is InChI=1S/C15H22N2O/c1-5-17(6-2)15(18)12-9-13-7-10-14(11-8-13)16(3)4/h7-12H,5-6H2,1-4H3. The first-order valence-corrected chi connectivity index (χ1v) is 6.32. The van der Waals surface area contributed by atoms with Crippen molar-refractivity contribution in [1.29, 1.82) is 0 Å². The van der Waals surface area contributed by atoms with Crippen LogP contribution in [0.3, 0.4) is 0 Å². The Balaban J connectivity index is 2.69. The number of nitrogens with zero attached hydrogens (tertiary/aromatic N) is 2. The zero-order chi connectivity index (χ0) is 13.5. The van der Waals surface area contributed by atoms with E-state index in [9.17, 15) is 4.79 Å². The molecule has 0 spiro atoms. The van der Waals surface area contributed by atoms with Gasteiger partial charge in [-0.3, -0.25) is 4.79 Å². The third kappa shape index (κ3) is 3.91. The molecule has 0 bridgehead atoms. The molecule has 18 heavy (non-hydrogen) atoms. The van der Waals surface area contributed by atoms with Crippen molar-refractivity contribution in [1.82, 2.24) is 4.90 Å². The van der Waals surface area contributed by atoms with Gasteiger partial charge in [0.05, 0.1) is 0 Å². The topological polar surface area (TPSA) is 23.6 Å². The summed E-state index contributed by atoms with van der Waals surface area (Å²) in [6, 6.07) is 8.12. The second kappa shape index (κ2) is 6.84. The number of carbonyl (C=O) groups excluding carboxylic acids is 1. The van der Waals surface area contributed by atoms with Crippen LogP contribution in [0.15, 0.2) is 30.3 Å². The Morgan fingerprint density at radius 3 is 2.11 bits per heavy atom. The number of amides is 1. The quantitative estimate of drug-likeness (QED) is 0.746. The molecule has 0 saturated heterocycles. The van der Waals surface area contributed by atoms with Crippen LogP contribution in [0, 0.1) is 0 Å². The first kappa shape index (κ1) is 14.3. The van der Waals surface area contributed by atoms with Gasteiger partial charge in [-0.2, -0.15) is 0 Å².